The first-order chi connectivity index (χ1) is 6.86. The molecule has 0 bridgehead atoms. The summed E-state index contributed by atoms with van der Waals surface area (Å²) in [6.45, 7) is 6.10. The van der Waals surface area contributed by atoms with E-state index in [2.05, 4.69) is 16.9 Å². The molecular weight excluding hydrogens is 180 g/mol. The standard InChI is InChI=1S/C9H16N4O/c1-2-3-5-14-6-4-13-8-9(7-10)11-12-13/h2,8H,1,3-7,10H2. The minimum Gasteiger partial charge on any atom is -0.379 e. The van der Waals surface area contributed by atoms with Crippen LogP contribution in [0.15, 0.2) is 18.9 Å². The van der Waals surface area contributed by atoms with Crippen LogP contribution in [0.4, 0.5) is 0 Å². The molecule has 0 aliphatic rings. The molecule has 14 heavy (non-hydrogen) atoms. The lowest BCUT2D eigenvalue weighted by Gasteiger charge is -2.01. The van der Waals surface area contributed by atoms with E-state index in [-0.39, 0.29) is 0 Å². The van der Waals surface area contributed by atoms with Gasteiger partial charge in [-0.1, -0.05) is 11.3 Å². The highest BCUT2D eigenvalue weighted by atomic mass is 16.5. The van der Waals surface area contributed by atoms with Crippen LogP contribution in [0.3, 0.4) is 0 Å². The summed E-state index contributed by atoms with van der Waals surface area (Å²) in [5.74, 6) is 0. The van der Waals surface area contributed by atoms with Gasteiger partial charge in [-0.2, -0.15) is 0 Å². The predicted octanol–water partition coefficient (Wildman–Crippen LogP) is 0.330. The number of ether oxygens (including phenoxy) is 1. The fourth-order valence-electron chi connectivity index (χ4n) is 0.968. The Bertz CT molecular complexity index is 272. The summed E-state index contributed by atoms with van der Waals surface area (Å²) in [5, 5.41) is 7.76. The summed E-state index contributed by atoms with van der Waals surface area (Å²) in [6, 6.07) is 0. The lowest BCUT2D eigenvalue weighted by molar-refractivity contribution is 0.127. The molecule has 0 radical (unpaired) electrons. The number of nitrogens with zero attached hydrogens (tertiary/aromatic N) is 3. The highest BCUT2D eigenvalue weighted by Gasteiger charge is 1.97. The molecule has 78 valence electrons. The molecule has 1 aromatic rings. The van der Waals surface area contributed by atoms with Crippen molar-refractivity contribution in [2.75, 3.05) is 13.2 Å². The van der Waals surface area contributed by atoms with Crippen LogP contribution in [0.5, 0.6) is 0 Å². The molecule has 0 fully saturated rings. The molecule has 0 atom stereocenters. The Labute approximate surface area is 83.5 Å². The molecule has 0 saturated heterocycles. The van der Waals surface area contributed by atoms with Crippen molar-refractivity contribution in [3.63, 3.8) is 0 Å². The lowest BCUT2D eigenvalue weighted by atomic mass is 10.4. The predicted molar refractivity (Wildman–Crippen MR) is 53.5 cm³/mol. The maximum atomic E-state index is 5.40. The van der Waals surface area contributed by atoms with Crippen LogP contribution in [0.2, 0.25) is 0 Å². The van der Waals surface area contributed by atoms with E-state index in [1.807, 2.05) is 12.3 Å². The fourth-order valence-corrected chi connectivity index (χ4v) is 0.968. The van der Waals surface area contributed by atoms with Crippen molar-refractivity contribution in [3.05, 3.63) is 24.5 Å². The van der Waals surface area contributed by atoms with E-state index in [4.69, 9.17) is 10.5 Å². The molecular formula is C9H16N4O. The zero-order valence-corrected chi connectivity index (χ0v) is 8.22. The Morgan fingerprint density at radius 3 is 3.07 bits per heavy atom. The zero-order valence-electron chi connectivity index (χ0n) is 8.22. The molecule has 1 aromatic heterocycles. The van der Waals surface area contributed by atoms with Crippen molar-refractivity contribution in [3.8, 4) is 0 Å². The molecule has 1 heterocycles. The summed E-state index contributed by atoms with van der Waals surface area (Å²) < 4.78 is 7.06. The van der Waals surface area contributed by atoms with Gasteiger partial charge in [0, 0.05) is 12.7 Å². The maximum absolute atomic E-state index is 5.40. The van der Waals surface area contributed by atoms with Gasteiger partial charge < -0.3 is 10.5 Å². The van der Waals surface area contributed by atoms with Gasteiger partial charge in [-0.05, 0) is 6.42 Å². The number of hydrogen-bond donors (Lipinski definition) is 1. The molecule has 5 heteroatoms. The first kappa shape index (κ1) is 10.9. The van der Waals surface area contributed by atoms with E-state index in [1.54, 1.807) is 4.68 Å². The van der Waals surface area contributed by atoms with Gasteiger partial charge in [-0.25, -0.2) is 4.68 Å². The Morgan fingerprint density at radius 1 is 1.57 bits per heavy atom. The molecule has 0 spiro atoms. The molecule has 1 rings (SSSR count). The Hall–Kier alpha value is -1.20. The minimum absolute atomic E-state index is 0.428. The first-order valence-electron chi connectivity index (χ1n) is 4.64. The maximum Gasteiger partial charge on any atom is 0.0962 e. The van der Waals surface area contributed by atoms with Crippen molar-refractivity contribution in [1.29, 1.82) is 0 Å². The second kappa shape index (κ2) is 6.28. The van der Waals surface area contributed by atoms with Crippen LogP contribution in [-0.2, 0) is 17.8 Å². The molecule has 0 aliphatic carbocycles. The van der Waals surface area contributed by atoms with E-state index in [0.29, 0.717) is 26.3 Å². The van der Waals surface area contributed by atoms with Crippen LogP contribution in [0, 0.1) is 0 Å². The number of nitrogens with two attached hydrogens (primary N) is 1. The first-order valence-corrected chi connectivity index (χ1v) is 4.64. The highest BCUT2D eigenvalue weighted by molar-refractivity contribution is 4.90. The normalized spacial score (nSPS) is 10.4. The molecule has 5 nitrogen and oxygen atoms in total. The Kier molecular flexibility index (Phi) is 4.88. The molecule has 2 N–H and O–H groups in total. The topological polar surface area (TPSA) is 66.0 Å². The van der Waals surface area contributed by atoms with Crippen LogP contribution >= 0.6 is 0 Å². The van der Waals surface area contributed by atoms with Crippen molar-refractivity contribution < 1.29 is 4.74 Å². The van der Waals surface area contributed by atoms with E-state index in [1.165, 1.54) is 0 Å². The average Bonchev–Trinajstić information content (AvgIpc) is 2.65. The lowest BCUT2D eigenvalue weighted by Crippen LogP contribution is -2.07. The SMILES string of the molecule is C=CCCOCCn1cc(CN)nn1. The fraction of sp³-hybridized carbons (Fsp3) is 0.556. The van der Waals surface area contributed by atoms with Crippen molar-refractivity contribution in [2.24, 2.45) is 5.73 Å². The van der Waals surface area contributed by atoms with Gasteiger partial charge in [0.1, 0.15) is 0 Å². The third-order valence-corrected chi connectivity index (χ3v) is 1.73. The summed E-state index contributed by atoms with van der Waals surface area (Å²) in [4.78, 5) is 0. The second-order valence-electron chi connectivity index (χ2n) is 2.87. The van der Waals surface area contributed by atoms with Crippen molar-refractivity contribution in [1.82, 2.24) is 15.0 Å². The highest BCUT2D eigenvalue weighted by Crippen LogP contribution is 1.91. The number of rotatable bonds is 7. The molecule has 0 aromatic carbocycles. The Morgan fingerprint density at radius 2 is 2.43 bits per heavy atom. The van der Waals surface area contributed by atoms with E-state index >= 15 is 0 Å². The van der Waals surface area contributed by atoms with E-state index in [0.717, 1.165) is 12.1 Å². The minimum atomic E-state index is 0.428. The molecule has 0 aliphatic heterocycles. The van der Waals surface area contributed by atoms with Gasteiger partial charge in [-0.3, -0.25) is 0 Å². The van der Waals surface area contributed by atoms with Crippen LogP contribution < -0.4 is 5.73 Å². The third kappa shape index (κ3) is 3.68. The quantitative estimate of drug-likeness (QED) is 0.504. The van der Waals surface area contributed by atoms with Gasteiger partial charge >= 0.3 is 0 Å². The van der Waals surface area contributed by atoms with Gasteiger partial charge in [0.2, 0.25) is 0 Å². The third-order valence-electron chi connectivity index (χ3n) is 1.73. The molecule has 0 unspecified atom stereocenters. The summed E-state index contributed by atoms with van der Waals surface area (Å²) in [6.07, 6.45) is 4.55. The summed E-state index contributed by atoms with van der Waals surface area (Å²) >= 11 is 0. The monoisotopic (exact) mass is 196 g/mol. The molecule has 0 saturated carbocycles. The van der Waals surface area contributed by atoms with Gasteiger partial charge in [0.15, 0.2) is 0 Å². The van der Waals surface area contributed by atoms with Crippen molar-refractivity contribution in [2.45, 2.75) is 19.5 Å². The smallest absolute Gasteiger partial charge is 0.0962 e. The zero-order chi connectivity index (χ0) is 10.2. The molecule has 0 amide bonds. The summed E-state index contributed by atoms with van der Waals surface area (Å²) in [5.41, 5.74) is 6.20. The van der Waals surface area contributed by atoms with Crippen LogP contribution in [0.25, 0.3) is 0 Å². The summed E-state index contributed by atoms with van der Waals surface area (Å²) in [7, 11) is 0. The van der Waals surface area contributed by atoms with E-state index in [9.17, 15) is 0 Å². The number of aromatic nitrogens is 3. The second-order valence-corrected chi connectivity index (χ2v) is 2.87. The van der Waals surface area contributed by atoms with Gasteiger partial charge in [0.25, 0.3) is 0 Å². The van der Waals surface area contributed by atoms with Crippen LogP contribution in [0.1, 0.15) is 12.1 Å². The average molecular weight is 196 g/mol. The van der Waals surface area contributed by atoms with Gasteiger partial charge in [-0.15, -0.1) is 11.7 Å². The number of hydrogen-bond acceptors (Lipinski definition) is 4. The van der Waals surface area contributed by atoms with Crippen molar-refractivity contribution >= 4 is 0 Å². The van der Waals surface area contributed by atoms with Gasteiger partial charge in [0.05, 0.1) is 25.5 Å². The van der Waals surface area contributed by atoms with E-state index < -0.39 is 0 Å². The Balaban J connectivity index is 2.14. The largest absolute Gasteiger partial charge is 0.379 e. The van der Waals surface area contributed by atoms with Crippen LogP contribution in [-0.4, -0.2) is 28.2 Å².